The van der Waals surface area contributed by atoms with Crippen LogP contribution in [0.1, 0.15) is 16.8 Å². The lowest BCUT2D eigenvalue weighted by molar-refractivity contribution is -0.125. The first-order valence-electron chi connectivity index (χ1n) is 8.90. The number of nitrogens with two attached hydrogens (primary N) is 1. The molecule has 156 valence electrons. The van der Waals surface area contributed by atoms with E-state index in [9.17, 15) is 19.2 Å². The van der Waals surface area contributed by atoms with Crippen LogP contribution >= 0.6 is 0 Å². The Kier molecular flexibility index (Phi) is 5.86. The molecule has 1 saturated heterocycles. The molecule has 30 heavy (non-hydrogen) atoms. The van der Waals surface area contributed by atoms with Crippen LogP contribution in [0.2, 0.25) is 0 Å². The molecule has 2 aromatic carbocycles. The summed E-state index contributed by atoms with van der Waals surface area (Å²) in [6.45, 7) is 0. The molecule has 3 rings (SSSR count). The minimum absolute atomic E-state index is 0.127. The summed E-state index contributed by atoms with van der Waals surface area (Å²) in [7, 11) is 2.86. The van der Waals surface area contributed by atoms with Crippen LogP contribution in [-0.4, -0.2) is 49.0 Å². The van der Waals surface area contributed by atoms with E-state index in [-0.39, 0.29) is 5.56 Å². The summed E-state index contributed by atoms with van der Waals surface area (Å²) in [6.07, 6.45) is -0.449. The number of carbonyl (C=O) groups excluding carboxylic acids is 4. The number of rotatable bonds is 7. The lowest BCUT2D eigenvalue weighted by Crippen LogP contribution is -2.50. The molecule has 0 bridgehead atoms. The third-order valence-corrected chi connectivity index (χ3v) is 4.46. The highest BCUT2D eigenvalue weighted by atomic mass is 16.5. The molecule has 0 aromatic heterocycles. The van der Waals surface area contributed by atoms with Crippen LogP contribution in [0, 0.1) is 0 Å². The Bertz CT molecular complexity index is 972. The van der Waals surface area contributed by atoms with Crippen molar-refractivity contribution in [1.29, 1.82) is 0 Å². The van der Waals surface area contributed by atoms with Gasteiger partial charge in [0.1, 0.15) is 17.5 Å². The van der Waals surface area contributed by atoms with Crippen molar-refractivity contribution in [2.75, 3.05) is 19.1 Å². The summed E-state index contributed by atoms with van der Waals surface area (Å²) >= 11 is 0. The van der Waals surface area contributed by atoms with Crippen LogP contribution in [0.5, 0.6) is 11.5 Å². The van der Waals surface area contributed by atoms with Gasteiger partial charge < -0.3 is 15.2 Å². The number of carbonyl (C=O) groups is 4. The Morgan fingerprint density at radius 2 is 1.63 bits per heavy atom. The van der Waals surface area contributed by atoms with Gasteiger partial charge in [0, 0.05) is 11.6 Å². The van der Waals surface area contributed by atoms with Crippen molar-refractivity contribution in [1.82, 2.24) is 10.4 Å². The Morgan fingerprint density at radius 3 is 2.17 bits per heavy atom. The second kappa shape index (κ2) is 8.52. The molecule has 0 spiro atoms. The Morgan fingerprint density at radius 1 is 1.03 bits per heavy atom. The number of ether oxygens (including phenoxy) is 2. The fourth-order valence-corrected chi connectivity index (χ4v) is 3.02. The molecule has 0 radical (unpaired) electrons. The minimum Gasteiger partial charge on any atom is -0.497 e. The number of hydrogen-bond acceptors (Lipinski definition) is 6. The van der Waals surface area contributed by atoms with E-state index in [0.717, 1.165) is 9.91 Å². The standard InChI is InChI=1S/C20H20N4O6/c1-29-14-8-12(9-15(10-14)30-2)18(26)22-24-16(11-17(21)25)19(27)23(20(24)28)13-6-4-3-5-7-13/h3-10,16H,11H2,1-2H3,(H2,21,25)(H,22,26). The van der Waals surface area contributed by atoms with Crippen LogP contribution in [0.25, 0.3) is 0 Å². The molecule has 2 aromatic rings. The lowest BCUT2D eigenvalue weighted by Gasteiger charge is -2.22. The molecule has 10 nitrogen and oxygen atoms in total. The average Bonchev–Trinajstić information content (AvgIpc) is 2.97. The molecule has 1 fully saturated rings. The van der Waals surface area contributed by atoms with E-state index in [0.29, 0.717) is 17.2 Å². The Hall–Kier alpha value is -4.08. The number of benzene rings is 2. The van der Waals surface area contributed by atoms with Crippen molar-refractivity contribution in [2.24, 2.45) is 5.73 Å². The van der Waals surface area contributed by atoms with E-state index in [1.807, 2.05) is 0 Å². The number of amides is 5. The van der Waals surface area contributed by atoms with Gasteiger partial charge in [0.25, 0.3) is 11.8 Å². The molecule has 1 aliphatic heterocycles. The molecule has 1 unspecified atom stereocenters. The number of hydrogen-bond donors (Lipinski definition) is 2. The molecular formula is C20H20N4O6. The van der Waals surface area contributed by atoms with Crippen LogP contribution in [-0.2, 0) is 9.59 Å². The van der Waals surface area contributed by atoms with Crippen LogP contribution in [0.4, 0.5) is 10.5 Å². The van der Waals surface area contributed by atoms with Crippen molar-refractivity contribution in [2.45, 2.75) is 12.5 Å². The maximum absolute atomic E-state index is 12.9. The number of anilines is 1. The number of imide groups is 1. The number of primary amides is 1. The molecule has 0 saturated carbocycles. The van der Waals surface area contributed by atoms with E-state index in [1.54, 1.807) is 36.4 Å². The van der Waals surface area contributed by atoms with Gasteiger partial charge in [0.15, 0.2) is 0 Å². The molecule has 1 atom stereocenters. The first-order valence-corrected chi connectivity index (χ1v) is 8.90. The lowest BCUT2D eigenvalue weighted by atomic mass is 10.1. The second-order valence-corrected chi connectivity index (χ2v) is 6.39. The summed E-state index contributed by atoms with van der Waals surface area (Å²) in [6, 6.07) is 10.6. The average molecular weight is 412 g/mol. The predicted molar refractivity (Wildman–Crippen MR) is 106 cm³/mol. The van der Waals surface area contributed by atoms with Gasteiger partial charge in [0.05, 0.1) is 26.3 Å². The smallest absolute Gasteiger partial charge is 0.350 e. The first-order chi connectivity index (χ1) is 14.3. The number of hydrazine groups is 1. The zero-order valence-electron chi connectivity index (χ0n) is 16.3. The van der Waals surface area contributed by atoms with Crippen molar-refractivity contribution in [3.63, 3.8) is 0 Å². The van der Waals surface area contributed by atoms with Gasteiger partial charge in [-0.15, -0.1) is 0 Å². The van der Waals surface area contributed by atoms with E-state index in [4.69, 9.17) is 15.2 Å². The van der Waals surface area contributed by atoms with Gasteiger partial charge in [-0.3, -0.25) is 19.8 Å². The van der Waals surface area contributed by atoms with Crippen LogP contribution < -0.4 is 25.5 Å². The quantitative estimate of drug-likeness (QED) is 0.654. The number of urea groups is 1. The normalized spacial score (nSPS) is 15.9. The SMILES string of the molecule is COc1cc(OC)cc(C(=O)NN2C(=O)N(c3ccccc3)C(=O)C2CC(N)=O)c1. The van der Waals surface area contributed by atoms with E-state index < -0.39 is 36.2 Å². The van der Waals surface area contributed by atoms with Gasteiger partial charge in [-0.1, -0.05) is 18.2 Å². The molecule has 0 aliphatic carbocycles. The second-order valence-electron chi connectivity index (χ2n) is 6.39. The highest BCUT2D eigenvalue weighted by molar-refractivity contribution is 6.22. The fourth-order valence-electron chi connectivity index (χ4n) is 3.02. The first kappa shape index (κ1) is 20.6. The summed E-state index contributed by atoms with van der Waals surface area (Å²) in [5, 5.41) is 0.814. The van der Waals surface area contributed by atoms with Crippen molar-refractivity contribution < 1.29 is 28.7 Å². The van der Waals surface area contributed by atoms with Crippen molar-refractivity contribution in [3.05, 3.63) is 54.1 Å². The molecule has 3 N–H and O–H groups in total. The highest BCUT2D eigenvalue weighted by Crippen LogP contribution is 2.26. The van der Waals surface area contributed by atoms with Crippen LogP contribution in [0.15, 0.2) is 48.5 Å². The third kappa shape index (κ3) is 4.02. The van der Waals surface area contributed by atoms with E-state index in [1.165, 1.54) is 26.4 Å². The van der Waals surface area contributed by atoms with E-state index >= 15 is 0 Å². The third-order valence-electron chi connectivity index (χ3n) is 4.46. The van der Waals surface area contributed by atoms with Gasteiger partial charge in [-0.05, 0) is 24.3 Å². The zero-order valence-corrected chi connectivity index (χ0v) is 16.3. The molecular weight excluding hydrogens is 392 g/mol. The fraction of sp³-hybridized carbons (Fsp3) is 0.200. The largest absolute Gasteiger partial charge is 0.497 e. The monoisotopic (exact) mass is 412 g/mol. The Balaban J connectivity index is 1.92. The molecule has 1 aliphatic rings. The summed E-state index contributed by atoms with van der Waals surface area (Å²) in [5.41, 5.74) is 8.08. The maximum atomic E-state index is 12.9. The number of nitrogens with zero attached hydrogens (tertiary/aromatic N) is 2. The maximum Gasteiger partial charge on any atom is 0.350 e. The number of nitrogens with one attached hydrogen (secondary N) is 1. The topological polar surface area (TPSA) is 131 Å². The number of methoxy groups -OCH3 is 2. The van der Waals surface area contributed by atoms with Gasteiger partial charge in [0.2, 0.25) is 5.91 Å². The summed E-state index contributed by atoms with van der Waals surface area (Å²) in [5.74, 6) is -1.43. The minimum atomic E-state index is -1.27. The predicted octanol–water partition coefficient (Wildman–Crippen LogP) is 1.06. The van der Waals surface area contributed by atoms with Crippen molar-refractivity contribution >= 4 is 29.4 Å². The summed E-state index contributed by atoms with van der Waals surface area (Å²) in [4.78, 5) is 51.0. The van der Waals surface area contributed by atoms with Gasteiger partial charge >= 0.3 is 6.03 Å². The van der Waals surface area contributed by atoms with E-state index in [2.05, 4.69) is 5.43 Å². The molecule has 5 amide bonds. The number of para-hydroxylation sites is 1. The zero-order chi connectivity index (χ0) is 21.8. The Labute approximate surface area is 172 Å². The molecule has 10 heteroatoms. The van der Waals surface area contributed by atoms with Gasteiger partial charge in [-0.25, -0.2) is 14.7 Å². The van der Waals surface area contributed by atoms with Gasteiger partial charge in [-0.2, -0.15) is 0 Å². The summed E-state index contributed by atoms with van der Waals surface area (Å²) < 4.78 is 10.3. The highest BCUT2D eigenvalue weighted by Gasteiger charge is 2.47. The molecule has 1 heterocycles. The van der Waals surface area contributed by atoms with Crippen LogP contribution in [0.3, 0.4) is 0 Å². The van der Waals surface area contributed by atoms with Crippen molar-refractivity contribution in [3.8, 4) is 11.5 Å².